The summed E-state index contributed by atoms with van der Waals surface area (Å²) in [6, 6.07) is 60.5. The first kappa shape index (κ1) is 29.6. The molecular formula is C50H30N2O. The molecule has 0 bridgehead atoms. The summed E-state index contributed by atoms with van der Waals surface area (Å²) in [5.74, 6) is 0. The predicted octanol–water partition coefficient (Wildman–Crippen LogP) is 13.7. The van der Waals surface area contributed by atoms with Gasteiger partial charge in [0.1, 0.15) is 11.2 Å². The number of aromatic nitrogens is 2. The minimum Gasteiger partial charge on any atom is -0.456 e. The Hall–Kier alpha value is -7.10. The van der Waals surface area contributed by atoms with Crippen LogP contribution in [0.5, 0.6) is 0 Å². The Balaban J connectivity index is 0.962. The Morgan fingerprint density at radius 3 is 1.42 bits per heavy atom. The second kappa shape index (κ2) is 11.7. The molecule has 3 heteroatoms. The van der Waals surface area contributed by atoms with Crippen LogP contribution in [0.15, 0.2) is 187 Å². The van der Waals surface area contributed by atoms with Crippen molar-refractivity contribution < 1.29 is 4.42 Å². The van der Waals surface area contributed by atoms with Crippen molar-refractivity contribution >= 4 is 65.0 Å². The summed E-state index contributed by atoms with van der Waals surface area (Å²) in [5.41, 5.74) is 10.4. The highest BCUT2D eigenvalue weighted by Gasteiger charge is 2.17. The number of benzene rings is 8. The van der Waals surface area contributed by atoms with Crippen molar-refractivity contribution in [2.75, 3.05) is 0 Å². The van der Waals surface area contributed by atoms with Gasteiger partial charge in [0.2, 0.25) is 0 Å². The van der Waals surface area contributed by atoms with Crippen molar-refractivity contribution in [2.24, 2.45) is 0 Å². The van der Waals surface area contributed by atoms with Gasteiger partial charge in [0.15, 0.2) is 0 Å². The summed E-state index contributed by atoms with van der Waals surface area (Å²) in [6.07, 6.45) is 3.94. The van der Waals surface area contributed by atoms with Crippen molar-refractivity contribution in [3.63, 3.8) is 0 Å². The molecule has 8 aromatic carbocycles. The van der Waals surface area contributed by atoms with Gasteiger partial charge in [0.05, 0.1) is 11.4 Å². The Kier molecular flexibility index (Phi) is 6.55. The van der Waals surface area contributed by atoms with Crippen LogP contribution in [-0.4, -0.2) is 9.97 Å². The van der Waals surface area contributed by atoms with Crippen molar-refractivity contribution in [1.82, 2.24) is 9.97 Å². The molecule has 0 amide bonds. The maximum absolute atomic E-state index is 6.23. The van der Waals surface area contributed by atoms with Gasteiger partial charge in [-0.2, -0.15) is 0 Å². The molecule has 53 heavy (non-hydrogen) atoms. The minimum atomic E-state index is 0.836. The van der Waals surface area contributed by atoms with Gasteiger partial charge in [-0.05, 0) is 108 Å². The van der Waals surface area contributed by atoms with Crippen molar-refractivity contribution in [3.05, 3.63) is 182 Å². The highest BCUT2D eigenvalue weighted by atomic mass is 16.3. The van der Waals surface area contributed by atoms with Crippen LogP contribution in [0.4, 0.5) is 0 Å². The van der Waals surface area contributed by atoms with Gasteiger partial charge < -0.3 is 4.42 Å². The summed E-state index contributed by atoms with van der Waals surface area (Å²) in [7, 11) is 0. The van der Waals surface area contributed by atoms with Gasteiger partial charge in [0.25, 0.3) is 0 Å². The van der Waals surface area contributed by atoms with E-state index < -0.39 is 0 Å². The van der Waals surface area contributed by atoms with Crippen molar-refractivity contribution in [3.8, 4) is 44.8 Å². The number of furan rings is 1. The highest BCUT2D eigenvalue weighted by molar-refractivity contribution is 6.21. The fourth-order valence-corrected chi connectivity index (χ4v) is 8.15. The highest BCUT2D eigenvalue weighted by Crippen LogP contribution is 2.44. The molecule has 11 rings (SSSR count). The van der Waals surface area contributed by atoms with Gasteiger partial charge in [-0.3, -0.25) is 9.97 Å². The summed E-state index contributed by atoms with van der Waals surface area (Å²) in [5, 5.41) is 12.0. The number of nitrogens with zero attached hydrogens (tertiary/aromatic N) is 2. The van der Waals surface area contributed by atoms with Crippen LogP contribution < -0.4 is 0 Å². The smallest absolute Gasteiger partial charge is 0.136 e. The van der Waals surface area contributed by atoms with E-state index in [1.54, 1.807) is 0 Å². The van der Waals surface area contributed by atoms with Crippen molar-refractivity contribution in [1.29, 1.82) is 0 Å². The Bertz CT molecular complexity index is 3150. The summed E-state index contributed by atoms with van der Waals surface area (Å²) in [4.78, 5) is 9.85. The molecule has 0 spiro atoms. The molecule has 3 aromatic heterocycles. The monoisotopic (exact) mass is 674 g/mol. The molecule has 3 heterocycles. The van der Waals surface area contributed by atoms with Gasteiger partial charge in [-0.15, -0.1) is 0 Å². The first-order valence-electron chi connectivity index (χ1n) is 18.0. The maximum atomic E-state index is 6.23. The van der Waals surface area contributed by atoms with E-state index >= 15 is 0 Å². The molecule has 0 atom stereocenters. The molecule has 246 valence electrons. The third kappa shape index (κ3) is 4.82. The molecule has 0 saturated heterocycles. The molecule has 3 nitrogen and oxygen atoms in total. The zero-order chi connectivity index (χ0) is 34.9. The van der Waals surface area contributed by atoms with Crippen LogP contribution in [0.1, 0.15) is 0 Å². The topological polar surface area (TPSA) is 38.9 Å². The second-order valence-corrected chi connectivity index (χ2v) is 13.8. The second-order valence-electron chi connectivity index (χ2n) is 13.8. The van der Waals surface area contributed by atoms with Crippen LogP contribution in [0.2, 0.25) is 0 Å². The lowest BCUT2D eigenvalue weighted by Crippen LogP contribution is -1.92. The fourth-order valence-electron chi connectivity index (χ4n) is 8.15. The van der Waals surface area contributed by atoms with E-state index in [1.807, 2.05) is 12.4 Å². The molecular weight excluding hydrogens is 645 g/mol. The first-order chi connectivity index (χ1) is 26.2. The van der Waals surface area contributed by atoms with Gasteiger partial charge >= 0.3 is 0 Å². The Morgan fingerprint density at radius 2 is 0.792 bits per heavy atom. The number of fused-ring (bicyclic) bond motifs is 7. The Labute approximate surface area is 305 Å². The van der Waals surface area contributed by atoms with E-state index in [0.29, 0.717) is 0 Å². The number of hydrogen-bond acceptors (Lipinski definition) is 3. The lowest BCUT2D eigenvalue weighted by Gasteiger charge is -2.18. The standard InChI is InChI=1S/C50H30N2O/c1-2-10-32-25-36(18-17-31(32)9-1)49-39-13-5-7-15-41(39)50(42-16-8-6-14-40(42)49)38-20-23-46(52-30-38)45-22-19-37(29-51-45)35-21-24-47-43(27-35)44-26-33-11-3-4-12-34(33)28-48(44)53-47/h1-30H. The Morgan fingerprint density at radius 1 is 0.302 bits per heavy atom. The molecule has 0 aliphatic rings. The molecule has 0 aliphatic carbocycles. The summed E-state index contributed by atoms with van der Waals surface area (Å²) >= 11 is 0. The van der Waals surface area contributed by atoms with Crippen LogP contribution in [0.3, 0.4) is 0 Å². The van der Waals surface area contributed by atoms with Crippen LogP contribution in [0, 0.1) is 0 Å². The zero-order valence-electron chi connectivity index (χ0n) is 28.6. The largest absolute Gasteiger partial charge is 0.456 e. The normalized spacial score (nSPS) is 11.8. The number of hydrogen-bond donors (Lipinski definition) is 0. The fraction of sp³-hybridized carbons (Fsp3) is 0. The van der Waals surface area contributed by atoms with Crippen molar-refractivity contribution in [2.45, 2.75) is 0 Å². The first-order valence-corrected chi connectivity index (χ1v) is 18.0. The lowest BCUT2D eigenvalue weighted by atomic mass is 9.86. The van der Waals surface area contributed by atoms with Gasteiger partial charge in [-0.25, -0.2) is 0 Å². The molecule has 11 aromatic rings. The maximum Gasteiger partial charge on any atom is 0.136 e. The van der Waals surface area contributed by atoms with Crippen LogP contribution >= 0.6 is 0 Å². The van der Waals surface area contributed by atoms with Crippen LogP contribution in [0.25, 0.3) is 110 Å². The SMILES string of the molecule is c1ccc2cc(-c3c4ccccc4c(-c4ccc(-c5ccc(-c6ccc7oc8cc9ccccc9cc8c7c6)cn5)nc4)c4ccccc34)ccc2c1. The predicted molar refractivity (Wildman–Crippen MR) is 221 cm³/mol. The lowest BCUT2D eigenvalue weighted by molar-refractivity contribution is 0.669. The molecule has 0 N–H and O–H groups in total. The van der Waals surface area contributed by atoms with Gasteiger partial charge in [0, 0.05) is 34.3 Å². The van der Waals surface area contributed by atoms with E-state index in [1.165, 1.54) is 59.8 Å². The quantitative estimate of drug-likeness (QED) is 0.174. The molecule has 0 radical (unpaired) electrons. The van der Waals surface area contributed by atoms with E-state index in [0.717, 1.165) is 50.0 Å². The van der Waals surface area contributed by atoms with E-state index in [2.05, 4.69) is 170 Å². The number of rotatable bonds is 4. The number of pyridine rings is 2. The van der Waals surface area contributed by atoms with E-state index in [9.17, 15) is 0 Å². The molecule has 0 saturated carbocycles. The van der Waals surface area contributed by atoms with Gasteiger partial charge in [-0.1, -0.05) is 127 Å². The third-order valence-corrected chi connectivity index (χ3v) is 10.7. The van der Waals surface area contributed by atoms with E-state index in [-0.39, 0.29) is 0 Å². The minimum absolute atomic E-state index is 0.836. The summed E-state index contributed by atoms with van der Waals surface area (Å²) < 4.78 is 6.23. The van der Waals surface area contributed by atoms with E-state index in [4.69, 9.17) is 14.4 Å². The summed E-state index contributed by atoms with van der Waals surface area (Å²) in [6.45, 7) is 0. The average Bonchev–Trinajstić information content (AvgIpc) is 3.58. The third-order valence-electron chi connectivity index (χ3n) is 10.7. The average molecular weight is 675 g/mol. The molecule has 0 fully saturated rings. The molecule has 0 unspecified atom stereocenters. The molecule has 0 aliphatic heterocycles. The van der Waals surface area contributed by atoms with Crippen LogP contribution in [-0.2, 0) is 0 Å². The zero-order valence-corrected chi connectivity index (χ0v) is 28.6.